The fraction of sp³-hybridized carbons (Fsp3) is 0.500. The van der Waals surface area contributed by atoms with E-state index >= 15 is 0 Å². The van der Waals surface area contributed by atoms with Crippen LogP contribution >= 0.6 is 0 Å². The Kier molecular flexibility index (Phi) is 5.18. The molecule has 5 heteroatoms. The van der Waals surface area contributed by atoms with Crippen LogP contribution in [0.3, 0.4) is 0 Å². The minimum Gasteiger partial charge on any atom is -0.388 e. The molecule has 0 radical (unpaired) electrons. The van der Waals surface area contributed by atoms with Crippen molar-refractivity contribution in [3.63, 3.8) is 0 Å². The molecule has 1 aromatic carbocycles. The van der Waals surface area contributed by atoms with Crippen molar-refractivity contribution in [2.45, 2.75) is 44.2 Å². The summed E-state index contributed by atoms with van der Waals surface area (Å²) in [6, 6.07) is 8.89. The number of nitrogens with zero attached hydrogens (tertiary/aromatic N) is 1. The number of nitriles is 1. The van der Waals surface area contributed by atoms with Crippen LogP contribution in [0, 0.1) is 11.3 Å². The SMILES string of the molecule is N#Cc1cccc(CNC(=O)NCC2(O)CCCCC2)c1. The van der Waals surface area contributed by atoms with E-state index in [0.29, 0.717) is 12.1 Å². The summed E-state index contributed by atoms with van der Waals surface area (Å²) in [6.45, 7) is 0.650. The molecular formula is C16H21N3O2. The first kappa shape index (κ1) is 15.3. The summed E-state index contributed by atoms with van der Waals surface area (Å²) in [4.78, 5) is 11.8. The molecule has 112 valence electrons. The maximum atomic E-state index is 11.8. The Morgan fingerprint density at radius 3 is 2.76 bits per heavy atom. The number of urea groups is 1. The van der Waals surface area contributed by atoms with E-state index in [2.05, 4.69) is 16.7 Å². The summed E-state index contributed by atoms with van der Waals surface area (Å²) in [7, 11) is 0. The molecule has 0 heterocycles. The van der Waals surface area contributed by atoms with Crippen LogP contribution in [0.2, 0.25) is 0 Å². The molecule has 1 aliphatic carbocycles. The largest absolute Gasteiger partial charge is 0.388 e. The molecule has 0 aromatic heterocycles. The van der Waals surface area contributed by atoms with Crippen molar-refractivity contribution >= 4 is 6.03 Å². The molecule has 1 aliphatic rings. The molecule has 21 heavy (non-hydrogen) atoms. The van der Waals surface area contributed by atoms with Crippen LogP contribution in [-0.2, 0) is 6.54 Å². The number of benzene rings is 1. The number of carbonyl (C=O) groups is 1. The summed E-state index contributed by atoms with van der Waals surface area (Å²) in [5.41, 5.74) is 0.697. The second-order valence-corrected chi connectivity index (χ2v) is 5.63. The van der Waals surface area contributed by atoms with Crippen molar-refractivity contribution in [3.05, 3.63) is 35.4 Å². The average molecular weight is 287 g/mol. The van der Waals surface area contributed by atoms with Crippen LogP contribution < -0.4 is 10.6 Å². The molecule has 0 bridgehead atoms. The van der Waals surface area contributed by atoms with Crippen LogP contribution in [0.25, 0.3) is 0 Å². The number of amides is 2. The molecule has 0 spiro atoms. The molecule has 1 aromatic rings. The van der Waals surface area contributed by atoms with E-state index in [4.69, 9.17) is 5.26 Å². The van der Waals surface area contributed by atoms with Gasteiger partial charge in [0.25, 0.3) is 0 Å². The highest BCUT2D eigenvalue weighted by Gasteiger charge is 2.29. The van der Waals surface area contributed by atoms with E-state index in [0.717, 1.165) is 37.7 Å². The van der Waals surface area contributed by atoms with E-state index in [-0.39, 0.29) is 12.6 Å². The molecule has 0 atom stereocenters. The number of carbonyl (C=O) groups excluding carboxylic acids is 1. The minimum absolute atomic E-state index is 0.289. The Bertz CT molecular complexity index is 531. The van der Waals surface area contributed by atoms with E-state index < -0.39 is 5.60 Å². The molecule has 2 amide bonds. The van der Waals surface area contributed by atoms with Gasteiger partial charge < -0.3 is 15.7 Å². The molecule has 0 unspecified atom stereocenters. The van der Waals surface area contributed by atoms with Crippen molar-refractivity contribution in [2.75, 3.05) is 6.54 Å². The highest BCUT2D eigenvalue weighted by molar-refractivity contribution is 5.73. The average Bonchev–Trinajstić information content (AvgIpc) is 2.52. The smallest absolute Gasteiger partial charge is 0.315 e. The number of hydrogen-bond acceptors (Lipinski definition) is 3. The maximum Gasteiger partial charge on any atom is 0.315 e. The van der Waals surface area contributed by atoms with Gasteiger partial charge in [-0.2, -0.15) is 5.26 Å². The highest BCUT2D eigenvalue weighted by atomic mass is 16.3. The van der Waals surface area contributed by atoms with Crippen molar-refractivity contribution < 1.29 is 9.90 Å². The second kappa shape index (κ2) is 7.09. The Balaban J connectivity index is 1.75. The van der Waals surface area contributed by atoms with Crippen LogP contribution in [0.1, 0.15) is 43.2 Å². The van der Waals surface area contributed by atoms with Gasteiger partial charge in [0.2, 0.25) is 0 Å². The van der Waals surface area contributed by atoms with Gasteiger partial charge in [0.1, 0.15) is 0 Å². The van der Waals surface area contributed by atoms with Crippen LogP contribution in [0.4, 0.5) is 4.79 Å². The van der Waals surface area contributed by atoms with Crippen molar-refractivity contribution in [1.82, 2.24) is 10.6 Å². The van der Waals surface area contributed by atoms with E-state index in [9.17, 15) is 9.90 Å². The Morgan fingerprint density at radius 1 is 1.29 bits per heavy atom. The first-order valence-electron chi connectivity index (χ1n) is 7.34. The van der Waals surface area contributed by atoms with Gasteiger partial charge >= 0.3 is 6.03 Å². The monoisotopic (exact) mass is 287 g/mol. The lowest BCUT2D eigenvalue weighted by Crippen LogP contribution is -2.47. The van der Waals surface area contributed by atoms with Crippen molar-refractivity contribution in [3.8, 4) is 6.07 Å². The zero-order valence-electron chi connectivity index (χ0n) is 12.1. The quantitative estimate of drug-likeness (QED) is 0.792. The van der Waals surface area contributed by atoms with Gasteiger partial charge in [-0.3, -0.25) is 0 Å². The lowest BCUT2D eigenvalue weighted by Gasteiger charge is -2.32. The standard InChI is InChI=1S/C16H21N3O2/c17-10-13-5-4-6-14(9-13)11-18-15(20)19-12-16(21)7-2-1-3-8-16/h4-6,9,21H,1-3,7-8,11-12H2,(H2,18,19,20). The molecular weight excluding hydrogens is 266 g/mol. The Hall–Kier alpha value is -2.06. The molecule has 1 saturated carbocycles. The first-order chi connectivity index (χ1) is 10.1. The lowest BCUT2D eigenvalue weighted by atomic mass is 9.85. The van der Waals surface area contributed by atoms with Gasteiger partial charge in [0, 0.05) is 13.1 Å². The Morgan fingerprint density at radius 2 is 2.05 bits per heavy atom. The summed E-state index contributed by atoms with van der Waals surface area (Å²) in [5, 5.41) is 24.6. The topological polar surface area (TPSA) is 85.2 Å². The molecule has 3 N–H and O–H groups in total. The summed E-state index contributed by atoms with van der Waals surface area (Å²) >= 11 is 0. The zero-order valence-corrected chi connectivity index (χ0v) is 12.1. The van der Waals surface area contributed by atoms with Crippen molar-refractivity contribution in [2.24, 2.45) is 0 Å². The Labute approximate surface area is 125 Å². The van der Waals surface area contributed by atoms with Gasteiger partial charge in [-0.25, -0.2) is 4.79 Å². The molecule has 5 nitrogen and oxygen atoms in total. The predicted octanol–water partition coefficient (Wildman–Crippen LogP) is 2.05. The number of nitrogens with one attached hydrogen (secondary N) is 2. The van der Waals surface area contributed by atoms with Crippen LogP contribution in [0.5, 0.6) is 0 Å². The lowest BCUT2D eigenvalue weighted by molar-refractivity contribution is 0.00719. The summed E-state index contributed by atoms with van der Waals surface area (Å²) < 4.78 is 0. The third kappa shape index (κ3) is 4.76. The fourth-order valence-corrected chi connectivity index (χ4v) is 2.63. The second-order valence-electron chi connectivity index (χ2n) is 5.63. The zero-order chi connectivity index (χ0) is 15.1. The van der Waals surface area contributed by atoms with Crippen molar-refractivity contribution in [1.29, 1.82) is 5.26 Å². The third-order valence-corrected chi connectivity index (χ3v) is 3.87. The van der Waals surface area contributed by atoms with E-state index in [1.54, 1.807) is 18.2 Å². The normalized spacial score (nSPS) is 16.8. The predicted molar refractivity (Wildman–Crippen MR) is 79.4 cm³/mol. The molecule has 0 aliphatic heterocycles. The minimum atomic E-state index is -0.754. The van der Waals surface area contributed by atoms with Crippen LogP contribution in [-0.4, -0.2) is 23.3 Å². The van der Waals surface area contributed by atoms with Gasteiger partial charge in [-0.15, -0.1) is 0 Å². The fourth-order valence-electron chi connectivity index (χ4n) is 2.63. The summed E-state index contributed by atoms with van der Waals surface area (Å²) in [6.07, 6.45) is 4.68. The van der Waals surface area contributed by atoms with E-state index in [1.807, 2.05) is 6.07 Å². The number of aliphatic hydroxyl groups is 1. The number of rotatable bonds is 4. The van der Waals surface area contributed by atoms with Gasteiger partial charge in [0.15, 0.2) is 0 Å². The highest BCUT2D eigenvalue weighted by Crippen LogP contribution is 2.27. The van der Waals surface area contributed by atoms with Gasteiger partial charge in [-0.1, -0.05) is 31.4 Å². The molecule has 1 fully saturated rings. The molecule has 0 saturated heterocycles. The van der Waals surface area contributed by atoms with Crippen LogP contribution in [0.15, 0.2) is 24.3 Å². The molecule has 2 rings (SSSR count). The van der Waals surface area contributed by atoms with Gasteiger partial charge in [-0.05, 0) is 30.5 Å². The number of hydrogen-bond donors (Lipinski definition) is 3. The van der Waals surface area contributed by atoms with E-state index in [1.165, 1.54) is 0 Å². The van der Waals surface area contributed by atoms with Gasteiger partial charge in [0.05, 0.1) is 17.2 Å². The summed E-state index contributed by atoms with van der Waals surface area (Å²) in [5.74, 6) is 0. The first-order valence-corrected chi connectivity index (χ1v) is 7.34. The third-order valence-electron chi connectivity index (χ3n) is 3.87. The maximum absolute atomic E-state index is 11.8.